The first-order chi connectivity index (χ1) is 12.2. The van der Waals surface area contributed by atoms with E-state index in [-0.39, 0.29) is 11.5 Å². The molecule has 0 saturated carbocycles. The highest BCUT2D eigenvalue weighted by atomic mass is 16.5. The Bertz CT molecular complexity index is 772. The van der Waals surface area contributed by atoms with Crippen LogP contribution in [0.2, 0.25) is 0 Å². The van der Waals surface area contributed by atoms with E-state index in [4.69, 9.17) is 10.00 Å². The van der Waals surface area contributed by atoms with Crippen molar-refractivity contribution in [3.05, 3.63) is 64.1 Å². The van der Waals surface area contributed by atoms with Gasteiger partial charge in [0.2, 0.25) is 11.5 Å². The van der Waals surface area contributed by atoms with Crippen LogP contribution >= 0.6 is 0 Å². The average Bonchev–Trinajstić information content (AvgIpc) is 2.63. The minimum absolute atomic E-state index is 0.0101. The van der Waals surface area contributed by atoms with E-state index < -0.39 is 0 Å². The van der Waals surface area contributed by atoms with Crippen LogP contribution in [0.5, 0.6) is 5.75 Å². The number of nitriles is 1. The standard InChI is InChI=1S/C19H21N3O3/c20-13-16-4-3-5-17(12-16)25-11-2-1-6-18(23)21-10-9-15-7-8-19(24)22-14-15/h3-5,7-8,12,14H,1-2,6,9-11H2,(H,21,23)(H,22,24). The lowest BCUT2D eigenvalue weighted by molar-refractivity contribution is -0.121. The second-order valence-electron chi connectivity index (χ2n) is 5.61. The minimum atomic E-state index is -0.130. The van der Waals surface area contributed by atoms with Gasteiger partial charge in [0, 0.05) is 25.2 Å². The lowest BCUT2D eigenvalue weighted by Crippen LogP contribution is -2.25. The number of hydrogen-bond acceptors (Lipinski definition) is 4. The van der Waals surface area contributed by atoms with Gasteiger partial charge in [-0.1, -0.05) is 12.1 Å². The number of pyridine rings is 1. The maximum absolute atomic E-state index is 11.8. The first-order valence-electron chi connectivity index (χ1n) is 8.24. The fourth-order valence-electron chi connectivity index (χ4n) is 2.27. The second-order valence-corrected chi connectivity index (χ2v) is 5.61. The zero-order chi connectivity index (χ0) is 17.9. The van der Waals surface area contributed by atoms with Crippen LogP contribution in [-0.2, 0) is 11.2 Å². The van der Waals surface area contributed by atoms with Crippen LogP contribution in [0.25, 0.3) is 0 Å². The molecule has 6 heteroatoms. The van der Waals surface area contributed by atoms with Crippen LogP contribution in [0.3, 0.4) is 0 Å². The number of nitrogens with one attached hydrogen (secondary N) is 2. The van der Waals surface area contributed by atoms with Crippen LogP contribution in [0.1, 0.15) is 30.4 Å². The van der Waals surface area contributed by atoms with E-state index in [1.807, 2.05) is 6.07 Å². The molecule has 0 bridgehead atoms. The number of carbonyl (C=O) groups excluding carboxylic acids is 1. The highest BCUT2D eigenvalue weighted by Gasteiger charge is 2.02. The summed E-state index contributed by atoms with van der Waals surface area (Å²) in [7, 11) is 0. The molecule has 25 heavy (non-hydrogen) atoms. The minimum Gasteiger partial charge on any atom is -0.494 e. The predicted octanol–water partition coefficient (Wildman–Crippen LogP) is 2.15. The van der Waals surface area contributed by atoms with Crippen molar-refractivity contribution < 1.29 is 9.53 Å². The number of aromatic amines is 1. The van der Waals surface area contributed by atoms with Gasteiger partial charge >= 0.3 is 0 Å². The Hall–Kier alpha value is -3.07. The molecule has 1 heterocycles. The Balaban J connectivity index is 1.55. The fraction of sp³-hybridized carbons (Fsp3) is 0.316. The molecular weight excluding hydrogens is 318 g/mol. The van der Waals surface area contributed by atoms with Gasteiger partial charge in [-0.05, 0) is 43.0 Å². The molecule has 0 radical (unpaired) electrons. The monoisotopic (exact) mass is 339 g/mol. The largest absolute Gasteiger partial charge is 0.494 e. The van der Waals surface area contributed by atoms with E-state index in [0.29, 0.717) is 37.3 Å². The summed E-state index contributed by atoms with van der Waals surface area (Å²) in [6, 6.07) is 12.3. The van der Waals surface area contributed by atoms with Crippen molar-refractivity contribution in [2.24, 2.45) is 0 Å². The van der Waals surface area contributed by atoms with E-state index in [1.165, 1.54) is 6.07 Å². The molecule has 2 rings (SSSR count). The molecule has 1 amide bonds. The van der Waals surface area contributed by atoms with E-state index in [9.17, 15) is 9.59 Å². The molecule has 2 N–H and O–H groups in total. The molecule has 0 aliphatic heterocycles. The number of H-pyrrole nitrogens is 1. The Labute approximate surface area is 146 Å². The van der Waals surface area contributed by atoms with Crippen molar-refractivity contribution in [1.82, 2.24) is 10.3 Å². The second kappa shape index (κ2) is 9.93. The molecule has 2 aromatic rings. The van der Waals surface area contributed by atoms with Gasteiger partial charge in [0.05, 0.1) is 18.2 Å². The number of benzene rings is 1. The van der Waals surface area contributed by atoms with Crippen molar-refractivity contribution in [2.75, 3.05) is 13.2 Å². The molecule has 0 aliphatic rings. The number of unbranched alkanes of at least 4 members (excludes halogenated alkanes) is 1. The van der Waals surface area contributed by atoms with Gasteiger partial charge in [0.25, 0.3) is 0 Å². The predicted molar refractivity (Wildman–Crippen MR) is 94.3 cm³/mol. The third-order valence-corrected chi connectivity index (χ3v) is 3.61. The number of nitrogens with zero attached hydrogens (tertiary/aromatic N) is 1. The third-order valence-electron chi connectivity index (χ3n) is 3.61. The summed E-state index contributed by atoms with van der Waals surface area (Å²) in [5.74, 6) is 0.681. The molecule has 0 atom stereocenters. The van der Waals surface area contributed by atoms with Crippen molar-refractivity contribution in [2.45, 2.75) is 25.7 Å². The van der Waals surface area contributed by atoms with Gasteiger partial charge < -0.3 is 15.0 Å². The van der Waals surface area contributed by atoms with Gasteiger partial charge in [0.15, 0.2) is 0 Å². The number of carbonyl (C=O) groups is 1. The highest BCUT2D eigenvalue weighted by Crippen LogP contribution is 2.13. The van der Waals surface area contributed by atoms with Crippen LogP contribution in [0.15, 0.2) is 47.4 Å². The Kier molecular flexibility index (Phi) is 7.26. The molecule has 1 aromatic heterocycles. The van der Waals surface area contributed by atoms with E-state index >= 15 is 0 Å². The van der Waals surface area contributed by atoms with E-state index in [1.54, 1.807) is 30.5 Å². The molecule has 0 aliphatic carbocycles. The number of ether oxygens (including phenoxy) is 1. The SMILES string of the molecule is N#Cc1cccc(OCCCCC(=O)NCCc2ccc(=O)[nH]c2)c1. The van der Waals surface area contributed by atoms with Gasteiger partial charge in [-0.15, -0.1) is 0 Å². The zero-order valence-corrected chi connectivity index (χ0v) is 14.0. The van der Waals surface area contributed by atoms with Crippen LogP contribution in [0.4, 0.5) is 0 Å². The normalized spacial score (nSPS) is 10.0. The van der Waals surface area contributed by atoms with Crippen LogP contribution < -0.4 is 15.6 Å². The molecule has 0 spiro atoms. The Morgan fingerprint density at radius 2 is 2.12 bits per heavy atom. The van der Waals surface area contributed by atoms with Crippen molar-refractivity contribution in [3.8, 4) is 11.8 Å². The first-order valence-corrected chi connectivity index (χ1v) is 8.24. The smallest absolute Gasteiger partial charge is 0.247 e. The summed E-state index contributed by atoms with van der Waals surface area (Å²) in [6.07, 6.45) is 4.30. The molecule has 0 saturated heterocycles. The van der Waals surface area contributed by atoms with Crippen LogP contribution in [0, 0.1) is 11.3 Å². The molecule has 6 nitrogen and oxygen atoms in total. The molecular formula is C19H21N3O3. The Morgan fingerprint density at radius 1 is 1.24 bits per heavy atom. The summed E-state index contributed by atoms with van der Waals surface area (Å²) in [5.41, 5.74) is 1.42. The molecule has 0 unspecified atom stereocenters. The summed E-state index contributed by atoms with van der Waals surface area (Å²) in [4.78, 5) is 25.3. The number of amides is 1. The molecule has 1 aromatic carbocycles. The zero-order valence-electron chi connectivity index (χ0n) is 14.0. The van der Waals surface area contributed by atoms with Crippen molar-refractivity contribution in [1.29, 1.82) is 5.26 Å². The molecule has 130 valence electrons. The Morgan fingerprint density at radius 3 is 2.88 bits per heavy atom. The fourth-order valence-corrected chi connectivity index (χ4v) is 2.27. The lowest BCUT2D eigenvalue weighted by Gasteiger charge is -2.07. The maximum atomic E-state index is 11.8. The molecule has 0 fully saturated rings. The first kappa shape index (κ1) is 18.3. The summed E-state index contributed by atoms with van der Waals surface area (Å²) < 4.78 is 5.57. The maximum Gasteiger partial charge on any atom is 0.247 e. The van der Waals surface area contributed by atoms with Crippen molar-refractivity contribution in [3.63, 3.8) is 0 Å². The van der Waals surface area contributed by atoms with Crippen LogP contribution in [-0.4, -0.2) is 24.0 Å². The van der Waals surface area contributed by atoms with E-state index in [0.717, 1.165) is 18.4 Å². The number of rotatable bonds is 9. The summed E-state index contributed by atoms with van der Waals surface area (Å²) >= 11 is 0. The van der Waals surface area contributed by atoms with Gasteiger partial charge in [-0.3, -0.25) is 9.59 Å². The van der Waals surface area contributed by atoms with Gasteiger partial charge in [-0.25, -0.2) is 0 Å². The topological polar surface area (TPSA) is 95.0 Å². The van der Waals surface area contributed by atoms with E-state index in [2.05, 4.69) is 16.4 Å². The van der Waals surface area contributed by atoms with Gasteiger partial charge in [-0.2, -0.15) is 5.26 Å². The quantitative estimate of drug-likeness (QED) is 0.684. The summed E-state index contributed by atoms with van der Waals surface area (Å²) in [5, 5.41) is 11.7. The number of hydrogen-bond donors (Lipinski definition) is 2. The third kappa shape index (κ3) is 6.92. The summed E-state index contributed by atoms with van der Waals surface area (Å²) in [6.45, 7) is 1.06. The highest BCUT2D eigenvalue weighted by molar-refractivity contribution is 5.75. The van der Waals surface area contributed by atoms with Gasteiger partial charge in [0.1, 0.15) is 5.75 Å². The average molecular weight is 339 g/mol. The number of aromatic nitrogens is 1. The lowest BCUT2D eigenvalue weighted by atomic mass is 10.2. The van der Waals surface area contributed by atoms with Crippen molar-refractivity contribution >= 4 is 5.91 Å².